The zero-order valence-corrected chi connectivity index (χ0v) is 11.2. The van der Waals surface area contributed by atoms with E-state index in [0.717, 1.165) is 11.8 Å². The smallest absolute Gasteiger partial charge is 0.408 e. The number of alkyl carbamates (subject to hydrolysis) is 1. The van der Waals surface area contributed by atoms with E-state index < -0.39 is 28.9 Å². The zero-order chi connectivity index (χ0) is 13.2. The molecule has 1 N–H and O–H groups in total. The number of ether oxygens (including phenoxy) is 1. The highest BCUT2D eigenvalue weighted by molar-refractivity contribution is 8.04. The number of rotatable bonds is 2. The van der Waals surface area contributed by atoms with Gasteiger partial charge in [-0.3, -0.25) is 0 Å². The third-order valence-corrected chi connectivity index (χ3v) is 3.38. The fourth-order valence-electron chi connectivity index (χ4n) is 1.22. The van der Waals surface area contributed by atoms with Gasteiger partial charge in [-0.15, -0.1) is 23.4 Å². The van der Waals surface area contributed by atoms with Gasteiger partial charge in [0.2, 0.25) is 0 Å². The molecule has 17 heavy (non-hydrogen) atoms. The molecular formula is C10H14ClF2NO2S. The second kappa shape index (κ2) is 5.44. The molecule has 0 spiro atoms. The Morgan fingerprint density at radius 3 is 2.65 bits per heavy atom. The summed E-state index contributed by atoms with van der Waals surface area (Å²) in [6.45, 7) is 5.08. The van der Waals surface area contributed by atoms with Gasteiger partial charge in [0.25, 0.3) is 6.43 Å². The van der Waals surface area contributed by atoms with Crippen molar-refractivity contribution in [3.63, 3.8) is 0 Å². The minimum atomic E-state index is -2.63. The Kier molecular flexibility index (Phi) is 4.66. The minimum absolute atomic E-state index is 0.180. The molecule has 1 heterocycles. The van der Waals surface area contributed by atoms with Crippen molar-refractivity contribution < 1.29 is 18.3 Å². The van der Waals surface area contributed by atoms with Crippen molar-refractivity contribution in [2.75, 3.05) is 0 Å². The van der Waals surface area contributed by atoms with Crippen molar-refractivity contribution in [1.29, 1.82) is 0 Å². The number of hydrogen-bond donors (Lipinski definition) is 1. The van der Waals surface area contributed by atoms with Crippen LogP contribution in [0.15, 0.2) is 11.0 Å². The summed E-state index contributed by atoms with van der Waals surface area (Å²) in [6.07, 6.45) is -3.38. The van der Waals surface area contributed by atoms with E-state index in [9.17, 15) is 13.6 Å². The van der Waals surface area contributed by atoms with Crippen molar-refractivity contribution >= 4 is 29.5 Å². The number of thioether (sulfide) groups is 1. The van der Waals surface area contributed by atoms with Crippen molar-refractivity contribution in [3.05, 3.63) is 11.0 Å². The lowest BCUT2D eigenvalue weighted by molar-refractivity contribution is 0.0508. The van der Waals surface area contributed by atoms with Crippen LogP contribution < -0.4 is 5.32 Å². The number of halogens is 3. The lowest BCUT2D eigenvalue weighted by atomic mass is 10.1. The van der Waals surface area contributed by atoms with Crippen LogP contribution in [-0.2, 0) is 4.74 Å². The normalized spacial score (nSPS) is 24.8. The molecule has 1 amide bonds. The van der Waals surface area contributed by atoms with Gasteiger partial charge in [0.1, 0.15) is 10.3 Å². The molecule has 1 aliphatic heterocycles. The Morgan fingerprint density at radius 1 is 1.59 bits per heavy atom. The Labute approximate surface area is 108 Å². The third kappa shape index (κ3) is 4.35. The summed E-state index contributed by atoms with van der Waals surface area (Å²) in [6, 6.07) is -0.892. The largest absolute Gasteiger partial charge is 0.444 e. The average molecular weight is 286 g/mol. The molecule has 2 atom stereocenters. The highest BCUT2D eigenvalue weighted by Gasteiger charge is 2.36. The molecule has 0 aromatic heterocycles. The summed E-state index contributed by atoms with van der Waals surface area (Å²) in [7, 11) is 0. The van der Waals surface area contributed by atoms with Gasteiger partial charge in [0.05, 0.1) is 6.04 Å². The average Bonchev–Trinajstić information content (AvgIpc) is 2.44. The zero-order valence-electron chi connectivity index (χ0n) is 9.67. The maximum Gasteiger partial charge on any atom is 0.408 e. The standard InChI is InChI=1S/C10H14ClF2NO2S/c1-10(2,3)16-9(15)14-6-5(8(12)13)4-17-7(6)11/h4,6-8H,1-3H3,(H,14,15). The monoisotopic (exact) mass is 285 g/mol. The van der Waals surface area contributed by atoms with Crippen LogP contribution >= 0.6 is 23.4 Å². The fraction of sp³-hybridized carbons (Fsp3) is 0.700. The lowest BCUT2D eigenvalue weighted by Crippen LogP contribution is -2.43. The van der Waals surface area contributed by atoms with Gasteiger partial charge in [-0.25, -0.2) is 13.6 Å². The molecule has 0 saturated carbocycles. The van der Waals surface area contributed by atoms with Gasteiger partial charge in [-0.05, 0) is 26.2 Å². The maximum atomic E-state index is 12.6. The van der Waals surface area contributed by atoms with Crippen LogP contribution in [-0.4, -0.2) is 28.9 Å². The van der Waals surface area contributed by atoms with Gasteiger partial charge in [-0.1, -0.05) is 0 Å². The molecule has 2 unspecified atom stereocenters. The number of alkyl halides is 3. The highest BCUT2D eigenvalue weighted by Crippen LogP contribution is 2.36. The lowest BCUT2D eigenvalue weighted by Gasteiger charge is -2.23. The Balaban J connectivity index is 2.61. The van der Waals surface area contributed by atoms with Gasteiger partial charge < -0.3 is 10.1 Å². The molecule has 0 saturated heterocycles. The second-order valence-electron chi connectivity index (χ2n) is 4.53. The van der Waals surface area contributed by atoms with E-state index in [1.165, 1.54) is 5.41 Å². The number of amides is 1. The van der Waals surface area contributed by atoms with Crippen molar-refractivity contribution in [2.45, 2.75) is 43.5 Å². The molecule has 3 nitrogen and oxygen atoms in total. The quantitative estimate of drug-likeness (QED) is 0.791. The number of carbonyl (C=O) groups excluding carboxylic acids is 1. The van der Waals surface area contributed by atoms with Gasteiger partial charge >= 0.3 is 6.09 Å². The minimum Gasteiger partial charge on any atom is -0.444 e. The van der Waals surface area contributed by atoms with E-state index in [-0.39, 0.29) is 5.57 Å². The molecule has 1 aliphatic rings. The summed E-state index contributed by atoms with van der Waals surface area (Å²) in [5, 5.41) is 3.64. The van der Waals surface area contributed by atoms with Gasteiger partial charge in [0.15, 0.2) is 0 Å². The molecule has 7 heteroatoms. The molecular weight excluding hydrogens is 272 g/mol. The van der Waals surface area contributed by atoms with E-state index in [0.29, 0.717) is 0 Å². The fourth-order valence-corrected chi connectivity index (χ4v) is 2.50. The van der Waals surface area contributed by atoms with E-state index in [1.54, 1.807) is 20.8 Å². The van der Waals surface area contributed by atoms with Crippen LogP contribution in [0.5, 0.6) is 0 Å². The molecule has 0 aliphatic carbocycles. The van der Waals surface area contributed by atoms with Crippen LogP contribution in [0.3, 0.4) is 0 Å². The Bertz CT molecular complexity index is 331. The third-order valence-electron chi connectivity index (χ3n) is 1.88. The molecule has 1 rings (SSSR count). The predicted octanol–water partition coefficient (Wildman–Crippen LogP) is 3.34. The first-order chi connectivity index (χ1) is 7.70. The molecule has 98 valence electrons. The van der Waals surface area contributed by atoms with Crippen LogP contribution in [0.2, 0.25) is 0 Å². The summed E-state index contributed by atoms with van der Waals surface area (Å²) in [5.74, 6) is 0. The summed E-state index contributed by atoms with van der Waals surface area (Å²) >= 11 is 6.89. The van der Waals surface area contributed by atoms with Gasteiger partial charge in [-0.2, -0.15) is 0 Å². The van der Waals surface area contributed by atoms with E-state index in [2.05, 4.69) is 5.32 Å². The first-order valence-corrected chi connectivity index (χ1v) is 6.36. The molecule has 0 bridgehead atoms. The van der Waals surface area contributed by atoms with E-state index in [1.807, 2.05) is 0 Å². The van der Waals surface area contributed by atoms with Crippen molar-refractivity contribution in [2.24, 2.45) is 0 Å². The number of nitrogens with one attached hydrogen (secondary N) is 1. The number of carbonyl (C=O) groups is 1. The number of hydrogen-bond acceptors (Lipinski definition) is 3. The van der Waals surface area contributed by atoms with Crippen LogP contribution in [0, 0.1) is 0 Å². The van der Waals surface area contributed by atoms with E-state index >= 15 is 0 Å². The van der Waals surface area contributed by atoms with Crippen LogP contribution in [0.25, 0.3) is 0 Å². The Hall–Kier alpha value is -0.490. The molecule has 0 radical (unpaired) electrons. The van der Waals surface area contributed by atoms with E-state index in [4.69, 9.17) is 16.3 Å². The van der Waals surface area contributed by atoms with Crippen molar-refractivity contribution in [3.8, 4) is 0 Å². The highest BCUT2D eigenvalue weighted by atomic mass is 35.5. The van der Waals surface area contributed by atoms with Gasteiger partial charge in [0, 0.05) is 5.57 Å². The molecule has 0 fully saturated rings. The first-order valence-electron chi connectivity index (χ1n) is 4.98. The summed E-state index contributed by atoms with van der Waals surface area (Å²) in [5.41, 5.74) is -0.854. The van der Waals surface area contributed by atoms with Crippen LogP contribution in [0.1, 0.15) is 20.8 Å². The Morgan fingerprint density at radius 2 is 2.18 bits per heavy atom. The topological polar surface area (TPSA) is 38.3 Å². The summed E-state index contributed by atoms with van der Waals surface area (Å²) < 4.78 is 29.6. The SMILES string of the molecule is CC(C)(C)OC(=O)NC1C(C(F)F)=CSC1Cl. The molecule has 0 aromatic carbocycles. The molecule has 0 aromatic rings. The predicted molar refractivity (Wildman–Crippen MR) is 64.5 cm³/mol. The van der Waals surface area contributed by atoms with Crippen molar-refractivity contribution in [1.82, 2.24) is 5.32 Å². The second-order valence-corrected chi connectivity index (χ2v) is 6.27. The first kappa shape index (κ1) is 14.6. The van der Waals surface area contributed by atoms with Crippen LogP contribution in [0.4, 0.5) is 13.6 Å². The maximum absolute atomic E-state index is 12.6. The summed E-state index contributed by atoms with van der Waals surface area (Å²) in [4.78, 5) is 11.5.